The van der Waals surface area contributed by atoms with E-state index in [0.717, 1.165) is 32.0 Å². The van der Waals surface area contributed by atoms with Crippen LogP contribution in [0.25, 0.3) is 0 Å². The molecule has 1 aliphatic rings. The summed E-state index contributed by atoms with van der Waals surface area (Å²) >= 11 is 1.95. The molecule has 5 heteroatoms. The van der Waals surface area contributed by atoms with E-state index in [4.69, 9.17) is 4.74 Å². The van der Waals surface area contributed by atoms with Crippen molar-refractivity contribution in [2.75, 3.05) is 39.1 Å². The van der Waals surface area contributed by atoms with Crippen molar-refractivity contribution >= 4 is 11.8 Å². The number of hydrogen-bond acceptors (Lipinski definition) is 4. The van der Waals surface area contributed by atoms with E-state index in [-0.39, 0.29) is 0 Å². The molecule has 1 aromatic heterocycles. The molecule has 0 aliphatic carbocycles. The van der Waals surface area contributed by atoms with Crippen molar-refractivity contribution in [3.63, 3.8) is 0 Å². The molecule has 24 heavy (non-hydrogen) atoms. The minimum absolute atomic E-state index is 0.548. The van der Waals surface area contributed by atoms with Gasteiger partial charge in [0.2, 0.25) is 0 Å². The summed E-state index contributed by atoms with van der Waals surface area (Å²) in [6, 6.07) is 10.7. The minimum Gasteiger partial charge on any atom is -0.383 e. The maximum absolute atomic E-state index is 5.21. The SMILES string of the molecule is COCCn1ccnc1C1CCCN(CCSc2ccccc2)C1. The van der Waals surface area contributed by atoms with Gasteiger partial charge in [0.05, 0.1) is 6.61 Å². The standard InChI is InChI=1S/C19H27N3OS/c1-23-14-12-22-11-9-20-19(22)17-6-5-10-21(16-17)13-15-24-18-7-3-2-4-8-18/h2-4,7-9,11,17H,5-6,10,12-16H2,1H3. The Labute approximate surface area is 149 Å². The number of likely N-dealkylation sites (tertiary alicyclic amines) is 1. The summed E-state index contributed by atoms with van der Waals surface area (Å²) in [5.41, 5.74) is 0. The highest BCUT2D eigenvalue weighted by atomic mass is 32.2. The van der Waals surface area contributed by atoms with Crippen LogP contribution in [0.1, 0.15) is 24.6 Å². The molecule has 2 aromatic rings. The van der Waals surface area contributed by atoms with Gasteiger partial charge < -0.3 is 14.2 Å². The van der Waals surface area contributed by atoms with E-state index in [2.05, 4.69) is 51.0 Å². The lowest BCUT2D eigenvalue weighted by Crippen LogP contribution is -2.36. The quantitative estimate of drug-likeness (QED) is 0.685. The van der Waals surface area contributed by atoms with Gasteiger partial charge in [-0.1, -0.05) is 18.2 Å². The van der Waals surface area contributed by atoms with Crippen LogP contribution in [0.4, 0.5) is 0 Å². The van der Waals surface area contributed by atoms with Gasteiger partial charge in [0.15, 0.2) is 0 Å². The van der Waals surface area contributed by atoms with E-state index in [9.17, 15) is 0 Å². The van der Waals surface area contributed by atoms with Crippen molar-refractivity contribution in [3.8, 4) is 0 Å². The fraction of sp³-hybridized carbons (Fsp3) is 0.526. The highest BCUT2D eigenvalue weighted by Gasteiger charge is 2.24. The van der Waals surface area contributed by atoms with E-state index in [1.54, 1.807) is 7.11 Å². The average molecular weight is 346 g/mol. The molecule has 0 saturated carbocycles. The van der Waals surface area contributed by atoms with Gasteiger partial charge >= 0.3 is 0 Å². The maximum Gasteiger partial charge on any atom is 0.113 e. The molecule has 4 nitrogen and oxygen atoms in total. The van der Waals surface area contributed by atoms with Crippen LogP contribution in [0, 0.1) is 0 Å². The Morgan fingerprint density at radius 3 is 2.96 bits per heavy atom. The second-order valence-corrected chi connectivity index (χ2v) is 7.44. The molecule has 0 bridgehead atoms. The number of thioether (sulfide) groups is 1. The summed E-state index contributed by atoms with van der Waals surface area (Å²) in [4.78, 5) is 8.59. The van der Waals surface area contributed by atoms with Gasteiger partial charge in [-0.25, -0.2) is 4.98 Å². The Morgan fingerprint density at radius 2 is 2.12 bits per heavy atom. The van der Waals surface area contributed by atoms with Gasteiger partial charge in [0, 0.05) is 55.7 Å². The Bertz CT molecular complexity index is 602. The number of piperidine rings is 1. The Balaban J connectivity index is 1.50. The third kappa shape index (κ3) is 4.85. The molecular formula is C19H27N3OS. The number of nitrogens with zero attached hydrogens (tertiary/aromatic N) is 3. The predicted octanol–water partition coefficient (Wildman–Crippen LogP) is 3.50. The number of rotatable bonds is 8. The van der Waals surface area contributed by atoms with Crippen molar-refractivity contribution < 1.29 is 4.74 Å². The predicted molar refractivity (Wildman–Crippen MR) is 99.7 cm³/mol. The van der Waals surface area contributed by atoms with E-state index in [1.165, 1.54) is 30.1 Å². The number of aromatic nitrogens is 2. The first-order chi connectivity index (χ1) is 11.9. The molecular weight excluding hydrogens is 318 g/mol. The maximum atomic E-state index is 5.21. The first kappa shape index (κ1) is 17.5. The van der Waals surface area contributed by atoms with E-state index in [1.807, 2.05) is 18.0 Å². The highest BCUT2D eigenvalue weighted by Crippen LogP contribution is 2.26. The van der Waals surface area contributed by atoms with E-state index < -0.39 is 0 Å². The Hall–Kier alpha value is -1.30. The van der Waals surface area contributed by atoms with Crippen molar-refractivity contribution in [2.45, 2.75) is 30.2 Å². The van der Waals surface area contributed by atoms with Gasteiger partial charge in [0.1, 0.15) is 5.82 Å². The van der Waals surface area contributed by atoms with Crippen LogP contribution in [0.3, 0.4) is 0 Å². The zero-order valence-electron chi connectivity index (χ0n) is 14.4. The van der Waals surface area contributed by atoms with Crippen LogP contribution < -0.4 is 0 Å². The Kier molecular flexibility index (Phi) is 6.75. The lowest BCUT2D eigenvalue weighted by molar-refractivity contribution is 0.181. The minimum atomic E-state index is 0.548. The summed E-state index contributed by atoms with van der Waals surface area (Å²) < 4.78 is 7.47. The molecule has 2 heterocycles. The molecule has 1 saturated heterocycles. The van der Waals surface area contributed by atoms with E-state index in [0.29, 0.717) is 5.92 Å². The molecule has 1 unspecified atom stereocenters. The van der Waals surface area contributed by atoms with Gasteiger partial charge in [0.25, 0.3) is 0 Å². The molecule has 0 N–H and O–H groups in total. The molecule has 130 valence electrons. The molecule has 0 radical (unpaired) electrons. The van der Waals surface area contributed by atoms with Gasteiger partial charge in [-0.3, -0.25) is 0 Å². The van der Waals surface area contributed by atoms with Gasteiger partial charge in [-0.2, -0.15) is 0 Å². The second kappa shape index (κ2) is 9.25. The molecule has 0 spiro atoms. The van der Waals surface area contributed by atoms with Crippen LogP contribution in [0.15, 0.2) is 47.6 Å². The van der Waals surface area contributed by atoms with Crippen LogP contribution in [0.2, 0.25) is 0 Å². The van der Waals surface area contributed by atoms with E-state index >= 15 is 0 Å². The van der Waals surface area contributed by atoms with Crippen LogP contribution in [0.5, 0.6) is 0 Å². The zero-order valence-corrected chi connectivity index (χ0v) is 15.3. The van der Waals surface area contributed by atoms with Crippen LogP contribution in [-0.4, -0.2) is 53.6 Å². The Morgan fingerprint density at radius 1 is 1.25 bits per heavy atom. The van der Waals surface area contributed by atoms with Crippen molar-refractivity contribution in [2.24, 2.45) is 0 Å². The molecule has 0 amide bonds. The summed E-state index contributed by atoms with van der Waals surface area (Å²) in [6.07, 6.45) is 6.51. The lowest BCUT2D eigenvalue weighted by atomic mass is 9.97. The summed E-state index contributed by atoms with van der Waals surface area (Å²) in [6.45, 7) is 5.12. The second-order valence-electron chi connectivity index (χ2n) is 6.27. The summed E-state index contributed by atoms with van der Waals surface area (Å²) in [7, 11) is 1.75. The van der Waals surface area contributed by atoms with Crippen LogP contribution >= 0.6 is 11.8 Å². The average Bonchev–Trinajstić information content (AvgIpc) is 3.10. The zero-order chi connectivity index (χ0) is 16.6. The number of benzene rings is 1. The molecule has 1 fully saturated rings. The number of methoxy groups -OCH3 is 1. The highest BCUT2D eigenvalue weighted by molar-refractivity contribution is 7.99. The molecule has 1 aliphatic heterocycles. The number of hydrogen-bond donors (Lipinski definition) is 0. The fourth-order valence-corrected chi connectivity index (χ4v) is 4.27. The summed E-state index contributed by atoms with van der Waals surface area (Å²) in [5, 5.41) is 0. The number of ether oxygens (including phenoxy) is 1. The van der Waals surface area contributed by atoms with Crippen molar-refractivity contribution in [1.29, 1.82) is 0 Å². The smallest absolute Gasteiger partial charge is 0.113 e. The monoisotopic (exact) mass is 345 g/mol. The normalized spacial score (nSPS) is 18.8. The molecule has 1 atom stereocenters. The fourth-order valence-electron chi connectivity index (χ4n) is 3.34. The topological polar surface area (TPSA) is 30.3 Å². The third-order valence-corrected chi connectivity index (χ3v) is 5.57. The third-order valence-electron chi connectivity index (χ3n) is 4.57. The van der Waals surface area contributed by atoms with Crippen LogP contribution in [-0.2, 0) is 11.3 Å². The van der Waals surface area contributed by atoms with Crippen molar-refractivity contribution in [1.82, 2.24) is 14.5 Å². The molecule has 1 aromatic carbocycles. The first-order valence-corrected chi connectivity index (χ1v) is 9.75. The largest absolute Gasteiger partial charge is 0.383 e. The lowest BCUT2D eigenvalue weighted by Gasteiger charge is -2.32. The summed E-state index contributed by atoms with van der Waals surface area (Å²) in [5.74, 6) is 2.93. The van der Waals surface area contributed by atoms with Gasteiger partial charge in [-0.05, 0) is 31.5 Å². The van der Waals surface area contributed by atoms with Crippen molar-refractivity contribution in [3.05, 3.63) is 48.5 Å². The number of imidazole rings is 1. The molecule has 3 rings (SSSR count). The van der Waals surface area contributed by atoms with Gasteiger partial charge in [-0.15, -0.1) is 11.8 Å². The first-order valence-electron chi connectivity index (χ1n) is 8.77.